The predicted molar refractivity (Wildman–Crippen MR) is 292 cm³/mol. The number of halogens is 4. The number of phenolic OH excluding ortho intramolecular Hbond substituents is 2. The van der Waals surface area contributed by atoms with Crippen LogP contribution in [0.25, 0.3) is 4.85 Å². The Balaban J connectivity index is 0.000000185. The number of carbonyl (C=O) groups excluding carboxylic acids is 2. The van der Waals surface area contributed by atoms with Crippen LogP contribution in [0.5, 0.6) is 23.0 Å². The van der Waals surface area contributed by atoms with E-state index in [1.807, 2.05) is 97.1 Å². The highest BCUT2D eigenvalue weighted by molar-refractivity contribution is 9.11. The van der Waals surface area contributed by atoms with Crippen LogP contribution < -0.4 is 42.0 Å². The Bertz CT molecular complexity index is 3080. The number of phenols is 2. The molecule has 0 atom stereocenters. The molecule has 0 fully saturated rings. The molecule has 0 spiro atoms. The fraction of sp³-hybridized carbons (Fsp3) is 0.189. The van der Waals surface area contributed by atoms with E-state index in [9.17, 15) is 24.3 Å². The Labute approximate surface area is 452 Å². The summed E-state index contributed by atoms with van der Waals surface area (Å²) in [5.74, 6) is 1.76. The first kappa shape index (κ1) is 56.8. The quantitative estimate of drug-likeness (QED) is 0.0707. The zero-order chi connectivity index (χ0) is 51.6. The number of carbonyl (C=O) groups is 2. The Morgan fingerprint density at radius 3 is 1.86 bits per heavy atom. The van der Waals surface area contributed by atoms with Crippen LogP contribution in [0.2, 0.25) is 0 Å². The molecule has 2 heterocycles. The summed E-state index contributed by atoms with van der Waals surface area (Å²) in [6.07, 6.45) is -0.839. The van der Waals surface area contributed by atoms with Crippen LogP contribution in [-0.2, 0) is 48.9 Å². The van der Waals surface area contributed by atoms with Crippen molar-refractivity contribution in [1.29, 1.82) is 0 Å². The van der Waals surface area contributed by atoms with E-state index < -0.39 is 17.0 Å². The van der Waals surface area contributed by atoms with Gasteiger partial charge in [0.1, 0.15) is 60.8 Å². The molecule has 0 saturated carbocycles. The van der Waals surface area contributed by atoms with Crippen molar-refractivity contribution in [2.75, 3.05) is 36.9 Å². The first-order valence-corrected chi connectivity index (χ1v) is 24.5. The van der Waals surface area contributed by atoms with Crippen LogP contribution in [0, 0.1) is 6.57 Å². The average molecular weight is 1210 g/mol. The van der Waals surface area contributed by atoms with Gasteiger partial charge < -0.3 is 55.7 Å². The van der Waals surface area contributed by atoms with Crippen molar-refractivity contribution in [3.05, 3.63) is 212 Å². The first-order valence-electron chi connectivity index (χ1n) is 22.2. The maximum atomic E-state index is 12.3. The fourth-order valence-corrected chi connectivity index (χ4v) is 8.20. The summed E-state index contributed by atoms with van der Waals surface area (Å²) in [7, 11) is 0. The molecule has 7 N–H and O–H groups in total. The van der Waals surface area contributed by atoms with E-state index in [4.69, 9.17) is 42.1 Å². The third-order valence-corrected chi connectivity index (χ3v) is 12.3. The van der Waals surface area contributed by atoms with Crippen molar-refractivity contribution in [1.82, 2.24) is 10.2 Å². The summed E-state index contributed by atoms with van der Waals surface area (Å²) < 4.78 is 24.4. The van der Waals surface area contributed by atoms with Gasteiger partial charge in [-0.3, -0.25) is 9.59 Å². The van der Waals surface area contributed by atoms with Crippen molar-refractivity contribution in [3.8, 4) is 23.0 Å². The monoisotopic (exact) mass is 1200 g/mol. The smallest absolute Gasteiger partial charge is 0.410 e. The molecule has 0 saturated heterocycles. The van der Waals surface area contributed by atoms with Crippen molar-refractivity contribution in [3.63, 3.8) is 0 Å². The Hall–Kier alpha value is -7.08. The van der Waals surface area contributed by atoms with Gasteiger partial charge in [-0.25, -0.2) is 14.4 Å². The van der Waals surface area contributed by atoms with E-state index in [0.717, 1.165) is 52.7 Å². The summed E-state index contributed by atoms with van der Waals surface area (Å²) in [6, 6.07) is 40.4. The molecule has 73 heavy (non-hydrogen) atoms. The van der Waals surface area contributed by atoms with Crippen molar-refractivity contribution < 1.29 is 38.7 Å². The number of hydrogen-bond acceptors (Lipinski definition) is 13. The van der Waals surface area contributed by atoms with Gasteiger partial charge in [-0.15, -0.1) is 12.4 Å². The lowest BCUT2D eigenvalue weighted by molar-refractivity contribution is 0.0913. The van der Waals surface area contributed by atoms with Crippen LogP contribution in [0.4, 0.5) is 26.7 Å². The lowest BCUT2D eigenvalue weighted by Gasteiger charge is -2.23. The number of anilines is 2. The number of nitrogens with one attached hydrogen (secondary N) is 1. The van der Waals surface area contributed by atoms with Gasteiger partial charge in [0, 0.05) is 49.7 Å². The predicted octanol–water partition coefficient (Wildman–Crippen LogP) is 10.4. The molecule has 7 aromatic carbocycles. The topological polar surface area (TPSA) is 221 Å². The molecule has 16 nitrogen and oxygen atoms in total. The maximum absolute atomic E-state index is 12.3. The minimum atomic E-state index is -0.596. The summed E-state index contributed by atoms with van der Waals surface area (Å²) in [5.41, 5.74) is 16.2. The Kier molecular flexibility index (Phi) is 22.0. The second-order valence-corrected chi connectivity index (χ2v) is 18.6. The highest BCUT2D eigenvalue weighted by atomic mass is 79.9. The Morgan fingerprint density at radius 1 is 0.685 bits per heavy atom. The highest BCUT2D eigenvalue weighted by Gasteiger charge is 2.26. The van der Waals surface area contributed by atoms with Crippen LogP contribution >= 0.6 is 60.2 Å². The van der Waals surface area contributed by atoms with Gasteiger partial charge in [0.2, 0.25) is 5.69 Å². The molecule has 0 aromatic heterocycles. The maximum Gasteiger partial charge on any atom is 0.410 e. The zero-order valence-corrected chi connectivity index (χ0v) is 44.5. The van der Waals surface area contributed by atoms with Gasteiger partial charge >= 0.3 is 12.2 Å². The number of fused-ring (bicyclic) bond motifs is 2. The molecule has 2 aliphatic rings. The molecule has 7 aromatic rings. The molecule has 0 bridgehead atoms. The molecular weight excluding hydrogens is 1160 g/mol. The second-order valence-electron chi connectivity index (χ2n) is 15.8. The normalized spacial score (nSPS) is 12.2. The Morgan fingerprint density at radius 2 is 1.25 bits per heavy atom. The lowest BCUT2D eigenvalue weighted by atomic mass is 10.1. The van der Waals surface area contributed by atoms with E-state index in [-0.39, 0.29) is 61.1 Å². The van der Waals surface area contributed by atoms with E-state index in [1.165, 1.54) is 6.07 Å². The molecule has 20 heteroatoms. The number of nitrogen functional groups attached to an aromatic ring is 1. The lowest BCUT2D eigenvalue weighted by Crippen LogP contribution is -2.43. The summed E-state index contributed by atoms with van der Waals surface area (Å²) >= 11 is 9.94. The van der Waals surface area contributed by atoms with Crippen molar-refractivity contribution in [2.45, 2.75) is 39.4 Å². The SMILES string of the molecule is Cl.NCc1ccc2c(c1)CN(c1c(N)c(=O)c1=O)CCO2.O=C(NCc1cc(Br)ccc1O)OCc1ccccc1.O=C(OCc1ccccc1)N1CCOc2ccc(Br)cc2C1.[C-]#[N+]c1cc(Br)ccc1O. The summed E-state index contributed by atoms with van der Waals surface area (Å²) in [4.78, 5) is 53.2. The first-order chi connectivity index (χ1) is 34.7. The van der Waals surface area contributed by atoms with Crippen molar-refractivity contribution >= 4 is 89.4 Å². The molecule has 2 aliphatic heterocycles. The number of rotatable bonds is 8. The number of aromatic hydroxyl groups is 2. The third kappa shape index (κ3) is 16.7. The van der Waals surface area contributed by atoms with Gasteiger partial charge in [-0.1, -0.05) is 115 Å². The van der Waals surface area contributed by atoms with Crippen LogP contribution in [0.15, 0.2) is 156 Å². The van der Waals surface area contributed by atoms with Gasteiger partial charge in [0.05, 0.1) is 26.2 Å². The van der Waals surface area contributed by atoms with Crippen LogP contribution in [0.3, 0.4) is 0 Å². The van der Waals surface area contributed by atoms with E-state index in [2.05, 4.69) is 58.0 Å². The van der Waals surface area contributed by atoms with Crippen molar-refractivity contribution in [2.24, 2.45) is 5.73 Å². The van der Waals surface area contributed by atoms with Gasteiger partial charge in [0.25, 0.3) is 10.9 Å². The van der Waals surface area contributed by atoms with Gasteiger partial charge in [-0.05, 0) is 83.4 Å². The number of benzene rings is 6. The number of amides is 2. The van der Waals surface area contributed by atoms with Gasteiger partial charge in [0.15, 0.2) is 0 Å². The summed E-state index contributed by atoms with van der Waals surface area (Å²) in [5, 5.41) is 21.2. The summed E-state index contributed by atoms with van der Waals surface area (Å²) in [6.45, 7) is 10.7. The van der Waals surface area contributed by atoms with E-state index >= 15 is 0 Å². The number of nitrogens with zero attached hydrogens (tertiary/aromatic N) is 3. The van der Waals surface area contributed by atoms with Gasteiger partial charge in [-0.2, -0.15) is 0 Å². The average Bonchev–Trinajstić information content (AvgIpc) is 3.75. The minimum absolute atomic E-state index is 0. The second kappa shape index (κ2) is 28.2. The number of nitrogens with two attached hydrogens (primary N) is 2. The molecule has 0 aliphatic carbocycles. The van der Waals surface area contributed by atoms with Crippen LogP contribution in [-0.4, -0.2) is 53.6 Å². The molecule has 380 valence electrons. The molecular formula is C53H50Br3ClN6O10. The van der Waals surface area contributed by atoms with E-state index in [1.54, 1.807) is 40.1 Å². The van der Waals surface area contributed by atoms with Crippen LogP contribution in [0.1, 0.15) is 33.4 Å². The number of alkyl carbamates (subject to hydrolysis) is 1. The highest BCUT2D eigenvalue weighted by Crippen LogP contribution is 2.31. The largest absolute Gasteiger partial charge is 0.519 e. The standard InChI is InChI=1S/C17H16BrNO3.C15H14BrNO3.C14H15N3O3.C7H4BrNO.ClH/c18-15-6-7-16-14(10-15)11-19(8-9-21-16)17(20)22-12-13-4-2-1-3-5-13;16-13-6-7-14(18)12(8-13)9-17-15(19)20-10-11-4-2-1-3-5-11;15-6-8-1-2-10-9(5-8)7-17(3-4-20-10)12-11(16)13(18)14(12)19;1-9-6-4-5(8)2-3-7(6)10;/h1-7,10H,8-9,11-12H2;1-8,18H,9-10H2,(H,17,19);1-2,5H,3-4,6-7,15-16H2;2-4,10H;1H. The fourth-order valence-electron chi connectivity index (χ4n) is 7.03. The van der Waals surface area contributed by atoms with E-state index in [0.29, 0.717) is 57.2 Å². The minimum Gasteiger partial charge on any atom is -0.519 e. The molecule has 0 radical (unpaired) electrons. The third-order valence-electron chi connectivity index (χ3n) is 10.8. The molecule has 9 rings (SSSR count). The number of hydrogen-bond donors (Lipinski definition) is 5. The molecule has 0 unspecified atom stereocenters. The number of ether oxygens (including phenoxy) is 4. The molecule has 2 amide bonds. The zero-order valence-electron chi connectivity index (χ0n) is 39.0.